The fraction of sp³-hybridized carbons (Fsp3) is 0.514. The van der Waals surface area contributed by atoms with E-state index in [4.69, 9.17) is 0 Å². The number of likely N-dealkylation sites (tertiary alicyclic amines) is 1. The summed E-state index contributed by atoms with van der Waals surface area (Å²) in [7, 11) is -3.89. The van der Waals surface area contributed by atoms with Gasteiger partial charge in [0.05, 0.1) is 17.2 Å². The number of carbonyl (C=O) groups is 6. The number of nitrogens with one attached hydrogen (secondary N) is 4. The molecule has 316 valence electrons. The van der Waals surface area contributed by atoms with E-state index in [1.54, 1.807) is 0 Å². The Morgan fingerprint density at radius 1 is 0.810 bits per heavy atom. The number of carboxylic acids is 1. The number of amides is 5. The quantitative estimate of drug-likeness (QED) is 0.0470. The molecule has 1 saturated heterocycles. The normalized spacial score (nSPS) is 15.7. The van der Waals surface area contributed by atoms with Crippen molar-refractivity contribution < 1.29 is 67.9 Å². The maximum absolute atomic E-state index is 14.7. The van der Waals surface area contributed by atoms with Crippen LogP contribution in [-0.2, 0) is 19.2 Å². The van der Waals surface area contributed by atoms with Gasteiger partial charge < -0.3 is 56.5 Å². The third-order valence-electron chi connectivity index (χ3n) is 9.90. The molecule has 5 amide bonds. The van der Waals surface area contributed by atoms with Crippen LogP contribution in [0.4, 0.5) is 8.78 Å². The molecular weight excluding hydrogens is 766 g/mol. The number of hydrogen-bond donors (Lipinski definition) is 10. The predicted molar refractivity (Wildman–Crippen MR) is 207 cm³/mol. The number of carboxylic acid groups (broad SMARTS) is 1. The van der Waals surface area contributed by atoms with Gasteiger partial charge in [-0.25, -0.2) is 13.6 Å². The van der Waals surface area contributed by atoms with E-state index in [1.807, 2.05) is 6.92 Å². The number of hydrogen-bond acceptors (Lipinski definition) is 11. The smallest absolute Gasteiger partial charge is 0.480 e. The van der Waals surface area contributed by atoms with Gasteiger partial charge >= 0.3 is 20.2 Å². The number of carbonyl (C=O) groups excluding carboxylic acids is 5. The second-order valence-electron chi connectivity index (χ2n) is 14.2. The summed E-state index contributed by atoms with van der Waals surface area (Å²) >= 11 is 0. The molecule has 58 heavy (non-hydrogen) atoms. The molecule has 1 fully saturated rings. The molecule has 0 bridgehead atoms. The minimum Gasteiger partial charge on any atom is -0.480 e. The van der Waals surface area contributed by atoms with Gasteiger partial charge in [-0.1, -0.05) is 25.5 Å². The van der Waals surface area contributed by atoms with Crippen molar-refractivity contribution in [3.8, 4) is 0 Å². The van der Waals surface area contributed by atoms with Gasteiger partial charge in [0.2, 0.25) is 17.7 Å². The third-order valence-corrected chi connectivity index (χ3v) is 9.90. The monoisotopic (exact) mass is 817 g/mol. The second-order valence-corrected chi connectivity index (χ2v) is 14.2. The first-order chi connectivity index (χ1) is 27.5. The first kappa shape index (κ1) is 47.4. The molecule has 10 N–H and O–H groups in total. The number of aliphatic hydroxyl groups excluding tert-OH is 1. The van der Waals surface area contributed by atoms with E-state index in [-0.39, 0.29) is 54.7 Å². The molecule has 0 aromatic heterocycles. The highest BCUT2D eigenvalue weighted by Crippen LogP contribution is 2.24. The average Bonchev–Trinajstić information content (AvgIpc) is 3.67. The summed E-state index contributed by atoms with van der Waals surface area (Å²) in [6.45, 7) is 3.57. The summed E-state index contributed by atoms with van der Waals surface area (Å²) in [5.74, 6) is -7.09. The van der Waals surface area contributed by atoms with Gasteiger partial charge in [-0.3, -0.25) is 24.0 Å². The van der Waals surface area contributed by atoms with Crippen LogP contribution in [0.1, 0.15) is 92.4 Å². The number of aliphatic hydroxyl groups is 1. The van der Waals surface area contributed by atoms with E-state index in [0.29, 0.717) is 45.1 Å². The molecule has 2 aromatic carbocycles. The Labute approximate surface area is 334 Å². The Bertz CT molecular complexity index is 1770. The maximum atomic E-state index is 14.7. The lowest BCUT2D eigenvalue weighted by molar-refractivity contribution is -0.147. The summed E-state index contributed by atoms with van der Waals surface area (Å²) in [6, 6.07) is 2.51. The average molecular weight is 817 g/mol. The van der Waals surface area contributed by atoms with Crippen LogP contribution in [0.25, 0.3) is 0 Å². The Kier molecular flexibility index (Phi) is 18.7. The van der Waals surface area contributed by atoms with Crippen molar-refractivity contribution in [3.05, 3.63) is 59.2 Å². The van der Waals surface area contributed by atoms with Crippen molar-refractivity contribution in [2.75, 3.05) is 19.6 Å². The summed E-state index contributed by atoms with van der Waals surface area (Å²) in [5.41, 5.74) is -1.09. The number of unbranched alkanes of at least 4 members (excludes halogenated alkanes) is 2. The SMILES string of the molecule is CC[C@@H](CCCCNC(=O)[C@@H](CCCCNC(=O)c1ccc(B(O)O)cc1F)NC(=O)c1ccc(B(O)O)cc1F)C(=O)N1CCC[C@H]1C(=O)N[C@H](C(=O)O)[C@@H](C)O. The van der Waals surface area contributed by atoms with Crippen LogP contribution >= 0.6 is 0 Å². The molecule has 0 radical (unpaired) electrons. The van der Waals surface area contributed by atoms with Crippen LogP contribution in [0.2, 0.25) is 0 Å². The van der Waals surface area contributed by atoms with Crippen molar-refractivity contribution in [1.29, 1.82) is 0 Å². The van der Waals surface area contributed by atoms with Crippen LogP contribution in [-0.4, -0.2) is 129 Å². The Morgan fingerprint density at radius 3 is 1.88 bits per heavy atom. The molecule has 1 aliphatic heterocycles. The van der Waals surface area contributed by atoms with E-state index in [1.165, 1.54) is 17.9 Å². The molecule has 0 aliphatic carbocycles. The summed E-state index contributed by atoms with van der Waals surface area (Å²) < 4.78 is 29.1. The predicted octanol–water partition coefficient (Wildman–Crippen LogP) is -1.72. The van der Waals surface area contributed by atoms with Gasteiger partial charge in [-0.2, -0.15) is 0 Å². The molecule has 0 unspecified atom stereocenters. The molecule has 2 aromatic rings. The van der Waals surface area contributed by atoms with Crippen molar-refractivity contribution in [1.82, 2.24) is 26.2 Å². The lowest BCUT2D eigenvalue weighted by atomic mass is 9.80. The molecular formula is C37H51B2F2N5O12. The van der Waals surface area contributed by atoms with Crippen LogP contribution < -0.4 is 32.2 Å². The zero-order valence-corrected chi connectivity index (χ0v) is 32.3. The molecule has 0 saturated carbocycles. The highest BCUT2D eigenvalue weighted by atomic mass is 19.1. The molecule has 17 nitrogen and oxygen atoms in total. The fourth-order valence-corrected chi connectivity index (χ4v) is 6.56. The molecule has 1 aliphatic rings. The largest absolute Gasteiger partial charge is 0.488 e. The van der Waals surface area contributed by atoms with Crippen LogP contribution in [0.5, 0.6) is 0 Å². The minimum atomic E-state index is -1.97. The first-order valence-electron chi connectivity index (χ1n) is 19.2. The highest BCUT2D eigenvalue weighted by molar-refractivity contribution is 6.59. The summed E-state index contributed by atoms with van der Waals surface area (Å²) in [6.07, 6.45) is 1.93. The molecule has 0 spiro atoms. The Balaban J connectivity index is 1.56. The summed E-state index contributed by atoms with van der Waals surface area (Å²) in [4.78, 5) is 78.1. The van der Waals surface area contributed by atoms with Gasteiger partial charge in [-0.15, -0.1) is 0 Å². The van der Waals surface area contributed by atoms with Crippen LogP contribution in [0, 0.1) is 17.6 Å². The van der Waals surface area contributed by atoms with Crippen molar-refractivity contribution in [2.24, 2.45) is 5.92 Å². The van der Waals surface area contributed by atoms with Crippen molar-refractivity contribution in [2.45, 2.75) is 95.9 Å². The van der Waals surface area contributed by atoms with Crippen LogP contribution in [0.15, 0.2) is 36.4 Å². The van der Waals surface area contributed by atoms with Gasteiger partial charge in [0.25, 0.3) is 11.8 Å². The van der Waals surface area contributed by atoms with Gasteiger partial charge in [0.1, 0.15) is 23.7 Å². The molecule has 5 atom stereocenters. The topological polar surface area (TPSA) is 275 Å². The Morgan fingerprint density at radius 2 is 1.36 bits per heavy atom. The van der Waals surface area contributed by atoms with Crippen LogP contribution in [0.3, 0.4) is 0 Å². The Hall–Kier alpha value is -4.95. The maximum Gasteiger partial charge on any atom is 0.488 e. The van der Waals surface area contributed by atoms with E-state index in [9.17, 15) is 67.9 Å². The van der Waals surface area contributed by atoms with Gasteiger partial charge in [0.15, 0.2) is 6.04 Å². The standard InChI is InChI=1S/C37H51B2F2N5O12/c1-3-22(36(52)46-18-8-11-30(46)35(51)45-31(21(2)47)37(53)54)9-4-6-17-43-34(50)29(44-33(49)26-15-13-24(39(57)58)20-28(26)41)10-5-7-16-42-32(48)25-14-12-23(38(55)56)19-27(25)40/h12-15,19-22,29-31,47,55-58H,3-11,16-18H2,1-2H3,(H,42,48)(H,43,50)(H,44,49)(H,45,51)(H,53,54)/t21-,22+,29-,30+,31+/m1/s1. The third kappa shape index (κ3) is 13.6. The number of halogens is 2. The van der Waals surface area contributed by atoms with E-state index in [0.717, 1.165) is 30.3 Å². The minimum absolute atomic E-state index is 0.0430. The highest BCUT2D eigenvalue weighted by Gasteiger charge is 2.38. The van der Waals surface area contributed by atoms with E-state index in [2.05, 4.69) is 21.3 Å². The lowest BCUT2D eigenvalue weighted by Crippen LogP contribution is -2.54. The molecule has 3 rings (SSSR count). The number of benzene rings is 2. The number of aliphatic carboxylic acids is 1. The zero-order chi connectivity index (χ0) is 43.1. The fourth-order valence-electron chi connectivity index (χ4n) is 6.56. The molecule has 21 heteroatoms. The van der Waals surface area contributed by atoms with Gasteiger partial charge in [-0.05, 0) is 93.5 Å². The first-order valence-corrected chi connectivity index (χ1v) is 19.2. The summed E-state index contributed by atoms with van der Waals surface area (Å²) in [5, 5.41) is 66.2. The van der Waals surface area contributed by atoms with E-state index >= 15 is 0 Å². The van der Waals surface area contributed by atoms with Gasteiger partial charge in [0, 0.05) is 25.6 Å². The van der Waals surface area contributed by atoms with Crippen molar-refractivity contribution >= 4 is 60.7 Å². The van der Waals surface area contributed by atoms with Crippen molar-refractivity contribution in [3.63, 3.8) is 0 Å². The lowest BCUT2D eigenvalue weighted by Gasteiger charge is -2.29. The second kappa shape index (κ2) is 22.8. The number of nitrogens with zero attached hydrogens (tertiary/aromatic N) is 1. The van der Waals surface area contributed by atoms with E-state index < -0.39 is 91.2 Å². The molecule has 1 heterocycles. The zero-order valence-electron chi connectivity index (χ0n) is 32.3. The number of rotatable bonds is 22.